The summed E-state index contributed by atoms with van der Waals surface area (Å²) in [5, 5.41) is 6.51. The van der Waals surface area contributed by atoms with Gasteiger partial charge in [-0.15, -0.1) is 11.3 Å². The van der Waals surface area contributed by atoms with E-state index < -0.39 is 8.07 Å². The summed E-state index contributed by atoms with van der Waals surface area (Å²) in [6.45, 7) is 4.77. The number of carbonyl (C=O) groups is 2. The number of aromatic nitrogens is 1. The predicted octanol–water partition coefficient (Wildman–Crippen LogP) is 5.04. The van der Waals surface area contributed by atoms with Gasteiger partial charge < -0.3 is 8.98 Å². The molecule has 1 aliphatic heterocycles. The van der Waals surface area contributed by atoms with Crippen LogP contribution in [0.15, 0.2) is 71.0 Å². The molecule has 0 N–H and O–H groups in total. The van der Waals surface area contributed by atoms with Crippen molar-refractivity contribution in [1.82, 2.24) is 4.57 Å². The number of nitrogens with zero attached hydrogens (tertiary/aromatic N) is 1. The Balaban J connectivity index is 1.51. The van der Waals surface area contributed by atoms with E-state index in [-0.39, 0.29) is 17.1 Å². The summed E-state index contributed by atoms with van der Waals surface area (Å²) in [4.78, 5) is 26.5. The third-order valence-electron chi connectivity index (χ3n) is 6.90. The number of para-hydroxylation sites is 2. The molecule has 0 atom stereocenters. The van der Waals surface area contributed by atoms with E-state index in [2.05, 4.69) is 66.2 Å². The molecule has 0 saturated heterocycles. The summed E-state index contributed by atoms with van der Waals surface area (Å²) < 4.78 is 7.44. The maximum atomic E-state index is 12.8. The van der Waals surface area contributed by atoms with Crippen LogP contribution >= 0.6 is 11.3 Å². The van der Waals surface area contributed by atoms with Crippen LogP contribution in [-0.4, -0.2) is 24.2 Å². The lowest BCUT2D eigenvalue weighted by Gasteiger charge is -2.30. The fourth-order valence-corrected chi connectivity index (χ4v) is 10.1. The van der Waals surface area contributed by atoms with E-state index in [1.165, 1.54) is 49.7 Å². The molecule has 32 heavy (non-hydrogen) atoms. The molecule has 0 unspecified atom stereocenters. The lowest BCUT2D eigenvalue weighted by molar-refractivity contribution is 0.0988. The minimum atomic E-state index is -1.97. The number of allylic oxidation sites excluding steroid dienone is 1. The monoisotopic (exact) mass is 451 g/mol. The van der Waals surface area contributed by atoms with Crippen molar-refractivity contribution in [2.75, 3.05) is 0 Å². The van der Waals surface area contributed by atoms with Crippen molar-refractivity contribution in [3.05, 3.63) is 82.6 Å². The maximum absolute atomic E-state index is 12.8. The second-order valence-electron chi connectivity index (χ2n) is 8.96. The maximum Gasteiger partial charge on any atom is 0.201 e. The topological polar surface area (TPSA) is 52.2 Å². The van der Waals surface area contributed by atoms with Gasteiger partial charge in [-0.2, -0.15) is 0 Å². The lowest BCUT2D eigenvalue weighted by atomic mass is 10.1. The van der Waals surface area contributed by atoms with Crippen LogP contribution in [0.2, 0.25) is 13.1 Å². The van der Waals surface area contributed by atoms with E-state index in [0.717, 1.165) is 4.88 Å². The van der Waals surface area contributed by atoms with E-state index in [9.17, 15) is 9.59 Å². The molecule has 7 rings (SSSR count). The Labute approximate surface area is 188 Å². The summed E-state index contributed by atoms with van der Waals surface area (Å²) in [5.74, 6) is -0.502. The molecule has 1 aliphatic carbocycles. The smallest absolute Gasteiger partial charge is 0.201 e. The van der Waals surface area contributed by atoms with Crippen molar-refractivity contribution >= 4 is 69.2 Å². The van der Waals surface area contributed by atoms with Gasteiger partial charge in [0, 0.05) is 15.6 Å². The zero-order valence-corrected chi connectivity index (χ0v) is 19.2. The molecule has 0 fully saturated rings. The highest BCUT2D eigenvalue weighted by molar-refractivity contribution is 7.19. The Morgan fingerprint density at radius 2 is 1.62 bits per heavy atom. The molecule has 6 heteroatoms. The van der Waals surface area contributed by atoms with Crippen molar-refractivity contribution in [3.8, 4) is 5.00 Å². The minimum Gasteiger partial charge on any atom is -0.471 e. The SMILES string of the molecule is C[Si]1(C)c2cc(C=C3C(=O)c4cocc4C3=O)sc2-n2c3ccccc3c3cccc1c32. The fourth-order valence-electron chi connectivity index (χ4n) is 5.28. The van der Waals surface area contributed by atoms with Gasteiger partial charge in [0.25, 0.3) is 0 Å². The molecule has 2 aromatic carbocycles. The van der Waals surface area contributed by atoms with Gasteiger partial charge >= 0.3 is 0 Å². The Morgan fingerprint density at radius 1 is 0.906 bits per heavy atom. The van der Waals surface area contributed by atoms with E-state index in [1.807, 2.05) is 0 Å². The van der Waals surface area contributed by atoms with Gasteiger partial charge in [-0.1, -0.05) is 49.5 Å². The highest BCUT2D eigenvalue weighted by atomic mass is 32.1. The quantitative estimate of drug-likeness (QED) is 0.204. The molecule has 0 spiro atoms. The number of benzene rings is 2. The zero-order chi connectivity index (χ0) is 21.8. The van der Waals surface area contributed by atoms with Gasteiger partial charge in [-0.05, 0) is 28.6 Å². The van der Waals surface area contributed by atoms with Crippen LogP contribution in [-0.2, 0) is 0 Å². The van der Waals surface area contributed by atoms with Crippen LogP contribution in [0.1, 0.15) is 25.6 Å². The molecule has 4 nitrogen and oxygen atoms in total. The molecule has 3 aromatic heterocycles. The van der Waals surface area contributed by atoms with Crippen molar-refractivity contribution < 1.29 is 14.0 Å². The van der Waals surface area contributed by atoms with E-state index in [4.69, 9.17) is 4.42 Å². The van der Waals surface area contributed by atoms with Crippen LogP contribution < -0.4 is 10.4 Å². The van der Waals surface area contributed by atoms with E-state index >= 15 is 0 Å². The number of furan rings is 1. The average Bonchev–Trinajstić information content (AvgIpc) is 3.54. The Bertz CT molecular complexity index is 1660. The van der Waals surface area contributed by atoms with E-state index in [0.29, 0.717) is 11.1 Å². The largest absolute Gasteiger partial charge is 0.471 e. The molecular formula is C26H17NO3SSi. The van der Waals surface area contributed by atoms with Crippen LogP contribution in [0.4, 0.5) is 0 Å². The van der Waals surface area contributed by atoms with Gasteiger partial charge in [0.2, 0.25) is 11.6 Å². The van der Waals surface area contributed by atoms with Crippen LogP contribution in [0, 0.1) is 0 Å². The number of Topliss-reactive ketones (excluding diaryl/α,β-unsaturated/α-hetero) is 2. The van der Waals surface area contributed by atoms with Crippen LogP contribution in [0.3, 0.4) is 0 Å². The second kappa shape index (κ2) is 5.85. The van der Waals surface area contributed by atoms with Crippen molar-refractivity contribution in [2.45, 2.75) is 13.1 Å². The highest BCUT2D eigenvalue weighted by Gasteiger charge is 2.39. The number of carbonyl (C=O) groups excluding carboxylic acids is 2. The van der Waals surface area contributed by atoms with Gasteiger partial charge in [0.1, 0.15) is 25.6 Å². The zero-order valence-electron chi connectivity index (χ0n) is 17.4. The van der Waals surface area contributed by atoms with Crippen molar-refractivity contribution in [3.63, 3.8) is 0 Å². The number of ketones is 2. The first-order valence-corrected chi connectivity index (χ1v) is 14.3. The summed E-state index contributed by atoms with van der Waals surface area (Å²) >= 11 is 1.66. The van der Waals surface area contributed by atoms with Crippen molar-refractivity contribution in [2.24, 2.45) is 0 Å². The number of hydrogen-bond acceptors (Lipinski definition) is 4. The number of hydrogen-bond donors (Lipinski definition) is 0. The van der Waals surface area contributed by atoms with Crippen LogP contribution in [0.25, 0.3) is 32.9 Å². The average molecular weight is 452 g/mol. The second-order valence-corrected chi connectivity index (χ2v) is 14.4. The number of fused-ring (bicyclic) bond motifs is 6. The molecular weight excluding hydrogens is 434 g/mol. The van der Waals surface area contributed by atoms with Gasteiger partial charge in [0.05, 0.1) is 27.7 Å². The Morgan fingerprint density at radius 3 is 2.41 bits per heavy atom. The Hall–Kier alpha value is -3.48. The third kappa shape index (κ3) is 2.06. The first kappa shape index (κ1) is 18.1. The molecule has 0 amide bonds. The lowest BCUT2D eigenvalue weighted by Crippen LogP contribution is -2.56. The van der Waals surface area contributed by atoms with Gasteiger partial charge in [-0.3, -0.25) is 9.59 Å². The first-order valence-electron chi connectivity index (χ1n) is 10.5. The number of thiophene rings is 1. The van der Waals surface area contributed by atoms with Gasteiger partial charge in [-0.25, -0.2) is 0 Å². The first-order chi connectivity index (χ1) is 15.5. The molecule has 2 aliphatic rings. The number of rotatable bonds is 1. The normalized spacial score (nSPS) is 16.1. The van der Waals surface area contributed by atoms with E-state index in [1.54, 1.807) is 17.4 Å². The summed E-state index contributed by atoms with van der Waals surface area (Å²) in [5.41, 5.74) is 3.44. The molecule has 5 aromatic rings. The minimum absolute atomic E-state index is 0.226. The molecule has 154 valence electrons. The summed E-state index contributed by atoms with van der Waals surface area (Å²) in [6.07, 6.45) is 4.50. The summed E-state index contributed by atoms with van der Waals surface area (Å²) in [7, 11) is -1.97. The fraction of sp³-hybridized carbons (Fsp3) is 0.0769. The standard InChI is InChI=1S/C26H17NO3SSi/c1-32(2)21-9-5-7-16-15-6-3-4-8-20(15)27(23(16)21)26-22(32)11-14(31-26)10-17-24(28)18-12-30-13-19(18)25(17)29/h3-13H,1-2H3. The molecule has 4 heterocycles. The molecule has 0 saturated carbocycles. The van der Waals surface area contributed by atoms with Crippen molar-refractivity contribution in [1.29, 1.82) is 0 Å². The summed E-state index contributed by atoms with van der Waals surface area (Å²) in [6, 6.07) is 17.4. The Kier molecular flexibility index (Phi) is 3.31. The third-order valence-corrected chi connectivity index (χ3v) is 11.6. The molecule has 0 radical (unpaired) electrons. The predicted molar refractivity (Wildman–Crippen MR) is 131 cm³/mol. The van der Waals surface area contributed by atoms with Crippen LogP contribution in [0.5, 0.6) is 0 Å². The van der Waals surface area contributed by atoms with Gasteiger partial charge in [0.15, 0.2) is 0 Å². The highest BCUT2D eigenvalue weighted by Crippen LogP contribution is 2.38. The molecule has 0 bridgehead atoms.